The van der Waals surface area contributed by atoms with E-state index in [4.69, 9.17) is 5.73 Å². The summed E-state index contributed by atoms with van der Waals surface area (Å²) < 4.78 is 0. The number of ketones is 1. The summed E-state index contributed by atoms with van der Waals surface area (Å²) >= 11 is 0. The molecule has 14 heavy (non-hydrogen) atoms. The number of rotatable bonds is 3. The molecule has 2 heteroatoms. The second-order valence-electron chi connectivity index (χ2n) is 4.33. The van der Waals surface area contributed by atoms with Crippen molar-refractivity contribution in [2.75, 3.05) is 0 Å². The molecule has 0 bridgehead atoms. The van der Waals surface area contributed by atoms with Crippen LogP contribution in [-0.2, 0) is 0 Å². The Morgan fingerprint density at radius 3 is 2.43 bits per heavy atom. The van der Waals surface area contributed by atoms with Gasteiger partial charge in [0.05, 0.1) is 0 Å². The number of carbonyl (C=O) groups excluding carboxylic acids is 1. The van der Waals surface area contributed by atoms with Crippen molar-refractivity contribution in [3.63, 3.8) is 0 Å². The minimum atomic E-state index is -0.179. The van der Waals surface area contributed by atoms with Crippen LogP contribution in [0.25, 0.3) is 0 Å². The average Bonchev–Trinajstić information content (AvgIpc) is 2.84. The van der Waals surface area contributed by atoms with Crippen molar-refractivity contribution in [2.24, 2.45) is 5.73 Å². The molecule has 2 nitrogen and oxygen atoms in total. The highest BCUT2D eigenvalue weighted by atomic mass is 16.1. The first-order valence-electron chi connectivity index (χ1n) is 4.98. The first kappa shape index (κ1) is 9.41. The summed E-state index contributed by atoms with van der Waals surface area (Å²) in [4.78, 5) is 11.7. The zero-order valence-electron chi connectivity index (χ0n) is 8.42. The maximum Gasteiger partial charge on any atom is 0.164 e. The van der Waals surface area contributed by atoms with E-state index in [0.29, 0.717) is 6.42 Å². The standard InChI is InChI=1S/C12H15NO/c1-9-2-4-10(5-3-9)11(14)8-12(13)6-7-12/h2-5H,6-8,13H2,1H3. The van der Waals surface area contributed by atoms with E-state index in [1.54, 1.807) is 0 Å². The highest BCUT2D eigenvalue weighted by molar-refractivity contribution is 5.97. The lowest BCUT2D eigenvalue weighted by atomic mass is 10.0. The SMILES string of the molecule is Cc1ccc(C(=O)CC2(N)CC2)cc1. The van der Waals surface area contributed by atoms with Crippen LogP contribution in [0.4, 0.5) is 0 Å². The van der Waals surface area contributed by atoms with Gasteiger partial charge in [0.1, 0.15) is 0 Å². The summed E-state index contributed by atoms with van der Waals surface area (Å²) in [5.41, 5.74) is 7.68. The number of nitrogens with two attached hydrogens (primary N) is 1. The van der Waals surface area contributed by atoms with Gasteiger partial charge in [0.15, 0.2) is 5.78 Å². The van der Waals surface area contributed by atoms with Gasteiger partial charge in [-0.2, -0.15) is 0 Å². The Hall–Kier alpha value is -1.15. The number of Topliss-reactive ketones (excluding diaryl/α,β-unsaturated/α-hetero) is 1. The predicted octanol–water partition coefficient (Wildman–Crippen LogP) is 2.06. The third kappa shape index (κ3) is 2.02. The highest BCUT2D eigenvalue weighted by Crippen LogP contribution is 2.36. The van der Waals surface area contributed by atoms with Crippen molar-refractivity contribution in [2.45, 2.75) is 31.7 Å². The quantitative estimate of drug-likeness (QED) is 0.739. The fourth-order valence-corrected chi connectivity index (χ4v) is 1.50. The number of hydrogen-bond acceptors (Lipinski definition) is 2. The molecule has 74 valence electrons. The molecule has 0 atom stereocenters. The third-order valence-electron chi connectivity index (χ3n) is 2.78. The molecule has 0 unspecified atom stereocenters. The summed E-state index contributed by atoms with van der Waals surface area (Å²) in [5.74, 6) is 0.171. The largest absolute Gasteiger partial charge is 0.325 e. The number of aryl methyl sites for hydroxylation is 1. The predicted molar refractivity (Wildman–Crippen MR) is 56.3 cm³/mol. The van der Waals surface area contributed by atoms with Gasteiger partial charge in [-0.25, -0.2) is 0 Å². The second kappa shape index (κ2) is 3.21. The molecule has 0 amide bonds. The average molecular weight is 189 g/mol. The third-order valence-corrected chi connectivity index (χ3v) is 2.78. The van der Waals surface area contributed by atoms with Gasteiger partial charge in [-0.3, -0.25) is 4.79 Å². The lowest BCUT2D eigenvalue weighted by molar-refractivity contribution is 0.0971. The highest BCUT2D eigenvalue weighted by Gasteiger charge is 2.40. The van der Waals surface area contributed by atoms with E-state index in [2.05, 4.69) is 0 Å². The van der Waals surface area contributed by atoms with Gasteiger partial charge in [-0.15, -0.1) is 0 Å². The van der Waals surface area contributed by atoms with Crippen molar-refractivity contribution in [1.82, 2.24) is 0 Å². The molecule has 1 aliphatic carbocycles. The van der Waals surface area contributed by atoms with Crippen LogP contribution in [0.5, 0.6) is 0 Å². The topological polar surface area (TPSA) is 43.1 Å². The molecular weight excluding hydrogens is 174 g/mol. The smallest absolute Gasteiger partial charge is 0.164 e. The van der Waals surface area contributed by atoms with Crippen LogP contribution in [0.1, 0.15) is 35.2 Å². The van der Waals surface area contributed by atoms with Gasteiger partial charge in [-0.1, -0.05) is 29.8 Å². The Labute approximate surface area is 84.1 Å². The molecule has 0 aliphatic heterocycles. The summed E-state index contributed by atoms with van der Waals surface area (Å²) in [6.45, 7) is 2.01. The first-order chi connectivity index (χ1) is 6.59. The number of carbonyl (C=O) groups is 1. The molecule has 0 radical (unpaired) electrons. The van der Waals surface area contributed by atoms with E-state index in [9.17, 15) is 4.79 Å². The molecule has 2 N–H and O–H groups in total. The zero-order chi connectivity index (χ0) is 10.2. The molecule has 0 heterocycles. The van der Waals surface area contributed by atoms with Crippen LogP contribution in [0.2, 0.25) is 0 Å². The molecule has 0 aromatic heterocycles. The normalized spacial score (nSPS) is 17.9. The fraction of sp³-hybridized carbons (Fsp3) is 0.417. The molecule has 1 saturated carbocycles. The van der Waals surface area contributed by atoms with Crippen molar-refractivity contribution < 1.29 is 4.79 Å². The van der Waals surface area contributed by atoms with Crippen molar-refractivity contribution >= 4 is 5.78 Å². The Morgan fingerprint density at radius 1 is 1.36 bits per heavy atom. The van der Waals surface area contributed by atoms with Crippen molar-refractivity contribution in [3.8, 4) is 0 Å². The van der Waals surface area contributed by atoms with Gasteiger partial charge in [-0.05, 0) is 19.8 Å². The molecule has 1 fully saturated rings. The van der Waals surface area contributed by atoms with E-state index in [1.807, 2.05) is 31.2 Å². The molecule has 1 aromatic carbocycles. The maximum atomic E-state index is 11.7. The van der Waals surface area contributed by atoms with E-state index >= 15 is 0 Å². The van der Waals surface area contributed by atoms with Gasteiger partial charge in [0.2, 0.25) is 0 Å². The van der Waals surface area contributed by atoms with Gasteiger partial charge in [0.25, 0.3) is 0 Å². The monoisotopic (exact) mass is 189 g/mol. The molecule has 1 aliphatic rings. The van der Waals surface area contributed by atoms with E-state index in [-0.39, 0.29) is 11.3 Å². The van der Waals surface area contributed by atoms with Crippen LogP contribution in [0.3, 0.4) is 0 Å². The molecular formula is C12H15NO. The van der Waals surface area contributed by atoms with Crippen LogP contribution in [-0.4, -0.2) is 11.3 Å². The summed E-state index contributed by atoms with van der Waals surface area (Å²) in [5, 5.41) is 0. The molecule has 0 spiro atoms. The summed E-state index contributed by atoms with van der Waals surface area (Å²) in [7, 11) is 0. The molecule has 0 saturated heterocycles. The number of hydrogen-bond donors (Lipinski definition) is 1. The lowest BCUT2D eigenvalue weighted by Crippen LogP contribution is -2.25. The van der Waals surface area contributed by atoms with E-state index in [0.717, 1.165) is 18.4 Å². The summed E-state index contributed by atoms with van der Waals surface area (Å²) in [6, 6.07) is 7.68. The fourth-order valence-electron chi connectivity index (χ4n) is 1.50. The minimum Gasteiger partial charge on any atom is -0.325 e. The minimum absolute atomic E-state index is 0.171. The van der Waals surface area contributed by atoms with E-state index in [1.165, 1.54) is 5.56 Å². The Balaban J connectivity index is 2.07. The van der Waals surface area contributed by atoms with Gasteiger partial charge >= 0.3 is 0 Å². The van der Waals surface area contributed by atoms with Crippen LogP contribution < -0.4 is 5.73 Å². The maximum absolute atomic E-state index is 11.7. The van der Waals surface area contributed by atoms with Crippen LogP contribution >= 0.6 is 0 Å². The Kier molecular flexibility index (Phi) is 2.16. The van der Waals surface area contributed by atoms with Crippen LogP contribution in [0.15, 0.2) is 24.3 Å². The van der Waals surface area contributed by atoms with Crippen LogP contribution in [0, 0.1) is 6.92 Å². The lowest BCUT2D eigenvalue weighted by Gasteiger charge is -2.07. The molecule has 2 rings (SSSR count). The molecule has 1 aromatic rings. The van der Waals surface area contributed by atoms with Gasteiger partial charge in [0, 0.05) is 17.5 Å². The van der Waals surface area contributed by atoms with Crippen molar-refractivity contribution in [3.05, 3.63) is 35.4 Å². The van der Waals surface area contributed by atoms with Crippen molar-refractivity contribution in [1.29, 1.82) is 0 Å². The Bertz CT molecular complexity index is 349. The Morgan fingerprint density at radius 2 is 1.93 bits per heavy atom. The van der Waals surface area contributed by atoms with Gasteiger partial charge < -0.3 is 5.73 Å². The number of benzene rings is 1. The second-order valence-corrected chi connectivity index (χ2v) is 4.33. The summed E-state index contributed by atoms with van der Waals surface area (Å²) in [6.07, 6.45) is 2.48. The van der Waals surface area contributed by atoms with E-state index < -0.39 is 0 Å². The first-order valence-corrected chi connectivity index (χ1v) is 4.98. The zero-order valence-corrected chi connectivity index (χ0v) is 8.42.